The number of rotatable bonds is 3. The Balaban J connectivity index is 2.47. The third kappa shape index (κ3) is 2.60. The summed E-state index contributed by atoms with van der Waals surface area (Å²) < 4.78 is 58.4. The monoisotopic (exact) mass is 285 g/mol. The number of methoxy groups -OCH3 is 1. The Morgan fingerprint density at radius 1 is 0.900 bits per heavy atom. The predicted molar refractivity (Wildman–Crippen MR) is 65.3 cm³/mol. The standard InChI is InChI=1S/C14H11F4NO/c1-20-8-5-11(17)13(12(18)6-8)14(19)7-2-3-9(15)10(16)4-7/h2-6,14H,19H2,1H3. The van der Waals surface area contributed by atoms with E-state index in [1.54, 1.807) is 0 Å². The van der Waals surface area contributed by atoms with Crippen LogP contribution >= 0.6 is 0 Å². The van der Waals surface area contributed by atoms with Crippen molar-refractivity contribution in [2.45, 2.75) is 6.04 Å². The molecule has 2 rings (SSSR count). The van der Waals surface area contributed by atoms with Crippen LogP contribution in [0.1, 0.15) is 17.2 Å². The molecule has 2 aromatic carbocycles. The summed E-state index contributed by atoms with van der Waals surface area (Å²) in [5.74, 6) is -4.02. The van der Waals surface area contributed by atoms with Crippen molar-refractivity contribution in [1.29, 1.82) is 0 Å². The molecule has 0 aliphatic heterocycles. The van der Waals surface area contributed by atoms with E-state index < -0.39 is 34.9 Å². The van der Waals surface area contributed by atoms with Gasteiger partial charge in [-0.25, -0.2) is 17.6 Å². The first kappa shape index (κ1) is 14.3. The van der Waals surface area contributed by atoms with Gasteiger partial charge in [-0.05, 0) is 17.7 Å². The number of benzene rings is 2. The molecule has 1 atom stereocenters. The van der Waals surface area contributed by atoms with E-state index in [9.17, 15) is 17.6 Å². The van der Waals surface area contributed by atoms with Crippen molar-refractivity contribution in [2.24, 2.45) is 5.73 Å². The maximum Gasteiger partial charge on any atom is 0.159 e. The van der Waals surface area contributed by atoms with Crippen LogP contribution < -0.4 is 10.5 Å². The van der Waals surface area contributed by atoms with E-state index in [4.69, 9.17) is 10.5 Å². The molecule has 0 fully saturated rings. The number of nitrogens with two attached hydrogens (primary N) is 1. The summed E-state index contributed by atoms with van der Waals surface area (Å²) in [6.45, 7) is 0. The van der Waals surface area contributed by atoms with E-state index in [0.29, 0.717) is 0 Å². The zero-order valence-corrected chi connectivity index (χ0v) is 10.5. The molecule has 2 N–H and O–H groups in total. The molecule has 0 radical (unpaired) electrons. The van der Waals surface area contributed by atoms with Crippen molar-refractivity contribution in [3.8, 4) is 5.75 Å². The Labute approximate surface area is 112 Å². The molecule has 0 spiro atoms. The Morgan fingerprint density at radius 2 is 1.50 bits per heavy atom. The quantitative estimate of drug-likeness (QED) is 0.878. The van der Waals surface area contributed by atoms with Crippen molar-refractivity contribution in [3.63, 3.8) is 0 Å². The van der Waals surface area contributed by atoms with Crippen molar-refractivity contribution < 1.29 is 22.3 Å². The smallest absolute Gasteiger partial charge is 0.159 e. The van der Waals surface area contributed by atoms with Gasteiger partial charge in [-0.1, -0.05) is 6.07 Å². The fourth-order valence-electron chi connectivity index (χ4n) is 1.85. The van der Waals surface area contributed by atoms with E-state index >= 15 is 0 Å². The minimum Gasteiger partial charge on any atom is -0.497 e. The summed E-state index contributed by atoms with van der Waals surface area (Å²) in [6.07, 6.45) is 0. The van der Waals surface area contributed by atoms with Crippen molar-refractivity contribution in [1.82, 2.24) is 0 Å². The lowest BCUT2D eigenvalue weighted by molar-refractivity contribution is 0.404. The van der Waals surface area contributed by atoms with Crippen LogP contribution in [0.4, 0.5) is 17.6 Å². The van der Waals surface area contributed by atoms with Gasteiger partial charge in [-0.2, -0.15) is 0 Å². The van der Waals surface area contributed by atoms with Gasteiger partial charge in [-0.3, -0.25) is 0 Å². The maximum atomic E-state index is 13.8. The highest BCUT2D eigenvalue weighted by Crippen LogP contribution is 2.29. The Hall–Kier alpha value is -2.08. The van der Waals surface area contributed by atoms with Crippen molar-refractivity contribution in [2.75, 3.05) is 7.11 Å². The molecule has 0 aromatic heterocycles. The van der Waals surface area contributed by atoms with Gasteiger partial charge >= 0.3 is 0 Å². The molecule has 0 saturated carbocycles. The molecule has 0 aliphatic carbocycles. The fraction of sp³-hybridized carbons (Fsp3) is 0.143. The van der Waals surface area contributed by atoms with Gasteiger partial charge in [0.25, 0.3) is 0 Å². The first-order chi connectivity index (χ1) is 9.43. The van der Waals surface area contributed by atoms with Gasteiger partial charge in [0.1, 0.15) is 17.4 Å². The summed E-state index contributed by atoms with van der Waals surface area (Å²) in [5, 5.41) is 0. The van der Waals surface area contributed by atoms with E-state index in [2.05, 4.69) is 0 Å². The van der Waals surface area contributed by atoms with Crippen molar-refractivity contribution in [3.05, 3.63) is 64.7 Å². The van der Waals surface area contributed by atoms with Crippen LogP contribution in [-0.4, -0.2) is 7.11 Å². The molecule has 0 heterocycles. The highest BCUT2D eigenvalue weighted by Gasteiger charge is 2.21. The largest absolute Gasteiger partial charge is 0.497 e. The van der Waals surface area contributed by atoms with Crippen LogP contribution in [0.2, 0.25) is 0 Å². The first-order valence-electron chi connectivity index (χ1n) is 5.67. The molecule has 6 heteroatoms. The van der Waals surface area contributed by atoms with E-state index in [0.717, 1.165) is 24.3 Å². The molecule has 2 aromatic rings. The second kappa shape index (κ2) is 5.50. The van der Waals surface area contributed by atoms with Crippen LogP contribution in [-0.2, 0) is 0 Å². The average molecular weight is 285 g/mol. The summed E-state index contributed by atoms with van der Waals surface area (Å²) >= 11 is 0. The first-order valence-corrected chi connectivity index (χ1v) is 5.67. The van der Waals surface area contributed by atoms with E-state index in [1.807, 2.05) is 0 Å². The van der Waals surface area contributed by atoms with E-state index in [1.165, 1.54) is 13.2 Å². The molecule has 0 aliphatic rings. The molecule has 1 unspecified atom stereocenters. The lowest BCUT2D eigenvalue weighted by atomic mass is 9.98. The predicted octanol–water partition coefficient (Wildman–Crippen LogP) is 3.30. The van der Waals surface area contributed by atoms with Crippen LogP contribution in [0.15, 0.2) is 30.3 Å². The molecule has 106 valence electrons. The molecular formula is C14H11F4NO. The van der Waals surface area contributed by atoms with Gasteiger partial charge in [0.2, 0.25) is 0 Å². The second-order valence-corrected chi connectivity index (χ2v) is 4.16. The van der Waals surface area contributed by atoms with Crippen LogP contribution in [0.3, 0.4) is 0 Å². The summed E-state index contributed by atoms with van der Waals surface area (Å²) in [7, 11) is 1.27. The Kier molecular flexibility index (Phi) is 3.94. The highest BCUT2D eigenvalue weighted by molar-refractivity contribution is 5.37. The van der Waals surface area contributed by atoms with Gasteiger partial charge in [0, 0.05) is 17.7 Å². The second-order valence-electron chi connectivity index (χ2n) is 4.16. The highest BCUT2D eigenvalue weighted by atomic mass is 19.2. The van der Waals surface area contributed by atoms with Gasteiger partial charge in [-0.15, -0.1) is 0 Å². The molecule has 2 nitrogen and oxygen atoms in total. The molecule has 0 amide bonds. The van der Waals surface area contributed by atoms with Gasteiger partial charge in [0.05, 0.1) is 13.2 Å². The summed E-state index contributed by atoms with van der Waals surface area (Å²) in [4.78, 5) is 0. The average Bonchev–Trinajstić information content (AvgIpc) is 2.40. The van der Waals surface area contributed by atoms with Gasteiger partial charge < -0.3 is 10.5 Å². The number of halogens is 4. The van der Waals surface area contributed by atoms with Crippen LogP contribution in [0.5, 0.6) is 5.75 Å². The zero-order valence-electron chi connectivity index (χ0n) is 10.5. The normalized spacial score (nSPS) is 12.3. The summed E-state index contributed by atoms with van der Waals surface area (Å²) in [6, 6.07) is 3.52. The topological polar surface area (TPSA) is 35.2 Å². The Bertz CT molecular complexity index is 622. The van der Waals surface area contributed by atoms with Crippen molar-refractivity contribution >= 4 is 0 Å². The van der Waals surface area contributed by atoms with Crippen LogP contribution in [0, 0.1) is 23.3 Å². The molecule has 0 saturated heterocycles. The minimum atomic E-state index is -1.25. The van der Waals surface area contributed by atoms with Gasteiger partial charge in [0.15, 0.2) is 11.6 Å². The lowest BCUT2D eigenvalue weighted by Crippen LogP contribution is -2.16. The van der Waals surface area contributed by atoms with E-state index in [-0.39, 0.29) is 11.3 Å². The number of hydrogen-bond donors (Lipinski definition) is 1. The molecule has 0 bridgehead atoms. The minimum absolute atomic E-state index is 0.00115. The zero-order chi connectivity index (χ0) is 14.9. The summed E-state index contributed by atoms with van der Waals surface area (Å²) in [5.41, 5.74) is 5.35. The Morgan fingerprint density at radius 3 is 2.00 bits per heavy atom. The fourth-order valence-corrected chi connectivity index (χ4v) is 1.85. The third-order valence-electron chi connectivity index (χ3n) is 2.90. The van der Waals surface area contributed by atoms with Crippen LogP contribution in [0.25, 0.3) is 0 Å². The number of ether oxygens (including phenoxy) is 1. The SMILES string of the molecule is COc1cc(F)c(C(N)c2ccc(F)c(F)c2)c(F)c1. The number of hydrogen-bond acceptors (Lipinski definition) is 2. The molecular weight excluding hydrogens is 274 g/mol. The molecule has 20 heavy (non-hydrogen) atoms. The lowest BCUT2D eigenvalue weighted by Gasteiger charge is -2.15. The maximum absolute atomic E-state index is 13.8. The third-order valence-corrected chi connectivity index (χ3v) is 2.90.